The normalized spacial score (nSPS) is 24.9. The molecule has 3 saturated heterocycles. The molecule has 4 aromatic rings. The summed E-state index contributed by atoms with van der Waals surface area (Å²) in [5.74, 6) is 1.12. The summed E-state index contributed by atoms with van der Waals surface area (Å²) in [6.07, 6.45) is 4.79. The molecule has 2 atom stereocenters. The molecule has 0 radical (unpaired) electrons. The first kappa shape index (κ1) is 19.8. The number of nitrogens with zero attached hydrogens (tertiary/aromatic N) is 1. The van der Waals surface area contributed by atoms with Crippen LogP contribution in [-0.4, -0.2) is 35.1 Å². The van der Waals surface area contributed by atoms with E-state index in [2.05, 4.69) is 106 Å². The fraction of sp³-hybridized carbons (Fsp3) is 0.310. The molecule has 3 heteroatoms. The van der Waals surface area contributed by atoms with E-state index in [0.717, 1.165) is 12.5 Å². The lowest BCUT2D eigenvalue weighted by Crippen LogP contribution is -2.64. The van der Waals surface area contributed by atoms with Crippen LogP contribution in [0.25, 0.3) is 10.9 Å². The van der Waals surface area contributed by atoms with Crippen molar-refractivity contribution < 1.29 is 0 Å². The molecule has 4 heterocycles. The van der Waals surface area contributed by atoms with Gasteiger partial charge in [-0.15, -0.1) is 0 Å². The fourth-order valence-electron chi connectivity index (χ4n) is 6.20. The van der Waals surface area contributed by atoms with Gasteiger partial charge in [-0.3, -0.25) is 4.90 Å². The molecule has 3 nitrogen and oxygen atoms in total. The Morgan fingerprint density at radius 1 is 0.812 bits per heavy atom. The molecular formula is C29H31N3. The lowest BCUT2D eigenvalue weighted by molar-refractivity contribution is 0.00472. The summed E-state index contributed by atoms with van der Waals surface area (Å²) in [4.78, 5) is 6.21. The van der Waals surface area contributed by atoms with Crippen molar-refractivity contribution in [3.8, 4) is 0 Å². The van der Waals surface area contributed by atoms with Crippen LogP contribution in [-0.2, 0) is 6.54 Å². The molecule has 2 N–H and O–H groups in total. The first-order chi connectivity index (χ1) is 15.9. The predicted octanol–water partition coefficient (Wildman–Crippen LogP) is 5.55. The maximum absolute atomic E-state index is 4.06. The van der Waals surface area contributed by atoms with Crippen molar-refractivity contribution in [2.45, 2.75) is 37.4 Å². The number of para-hydroxylation sites is 1. The van der Waals surface area contributed by atoms with Crippen molar-refractivity contribution >= 4 is 10.9 Å². The number of benzene rings is 3. The first-order valence-electron chi connectivity index (χ1n) is 12.0. The highest BCUT2D eigenvalue weighted by atomic mass is 15.2. The van der Waals surface area contributed by atoms with Gasteiger partial charge >= 0.3 is 0 Å². The van der Waals surface area contributed by atoms with Crippen LogP contribution in [0.5, 0.6) is 0 Å². The molecule has 3 aliphatic rings. The van der Waals surface area contributed by atoms with E-state index >= 15 is 0 Å². The second-order valence-electron chi connectivity index (χ2n) is 9.43. The van der Waals surface area contributed by atoms with Gasteiger partial charge in [0.1, 0.15) is 0 Å². The van der Waals surface area contributed by atoms with Gasteiger partial charge in [-0.25, -0.2) is 0 Å². The van der Waals surface area contributed by atoms with Crippen LogP contribution >= 0.6 is 0 Å². The number of fused-ring (bicyclic) bond motifs is 4. The van der Waals surface area contributed by atoms with E-state index in [1.54, 1.807) is 0 Å². The van der Waals surface area contributed by atoms with Crippen LogP contribution in [0.4, 0.5) is 0 Å². The molecule has 0 spiro atoms. The predicted molar refractivity (Wildman–Crippen MR) is 132 cm³/mol. The van der Waals surface area contributed by atoms with Gasteiger partial charge in [0.2, 0.25) is 0 Å². The van der Waals surface area contributed by atoms with E-state index in [1.807, 2.05) is 0 Å². The second kappa shape index (κ2) is 8.57. The van der Waals surface area contributed by atoms with Crippen molar-refractivity contribution in [3.05, 3.63) is 108 Å². The molecule has 7 rings (SSSR count). The molecule has 2 bridgehead atoms. The van der Waals surface area contributed by atoms with Crippen molar-refractivity contribution in [3.63, 3.8) is 0 Å². The minimum Gasteiger partial charge on any atom is -0.361 e. The molecule has 1 aromatic heterocycles. The molecule has 3 aliphatic heterocycles. The van der Waals surface area contributed by atoms with E-state index in [9.17, 15) is 0 Å². The average Bonchev–Trinajstić information content (AvgIpc) is 3.28. The zero-order valence-corrected chi connectivity index (χ0v) is 18.5. The Balaban J connectivity index is 1.35. The van der Waals surface area contributed by atoms with E-state index in [1.165, 1.54) is 53.5 Å². The Kier molecular flexibility index (Phi) is 5.30. The smallest absolute Gasteiger partial charge is 0.0457 e. The summed E-state index contributed by atoms with van der Waals surface area (Å²) in [5, 5.41) is 5.39. The van der Waals surface area contributed by atoms with Gasteiger partial charge in [0.25, 0.3) is 0 Å². The van der Waals surface area contributed by atoms with Gasteiger partial charge in [-0.05, 0) is 54.6 Å². The standard InChI is InChI=1S/C29H31N3/c1-3-9-21(10-4-1)27(22-11-5-2-6-12-22)29-28(23-15-17-32(29)18-16-23)31-20-24-19-30-26-14-8-7-13-25(24)26/h1-14,19,23,27-31H,15-18,20H2/t28-,29+/m1/s1. The van der Waals surface area contributed by atoms with Crippen molar-refractivity contribution in [2.24, 2.45) is 5.92 Å². The molecule has 0 aliphatic carbocycles. The molecule has 0 unspecified atom stereocenters. The number of aromatic amines is 1. The molecule has 3 fully saturated rings. The van der Waals surface area contributed by atoms with Gasteiger partial charge in [0, 0.05) is 41.6 Å². The van der Waals surface area contributed by atoms with Crippen LogP contribution in [0.3, 0.4) is 0 Å². The van der Waals surface area contributed by atoms with Gasteiger partial charge in [0.05, 0.1) is 0 Å². The van der Waals surface area contributed by atoms with E-state index in [4.69, 9.17) is 0 Å². The lowest BCUT2D eigenvalue weighted by Gasteiger charge is -2.54. The fourth-order valence-corrected chi connectivity index (χ4v) is 6.20. The van der Waals surface area contributed by atoms with Crippen molar-refractivity contribution in [2.75, 3.05) is 13.1 Å². The Morgan fingerprint density at radius 2 is 1.44 bits per heavy atom. The number of hydrogen-bond acceptors (Lipinski definition) is 2. The monoisotopic (exact) mass is 421 g/mol. The van der Waals surface area contributed by atoms with Crippen LogP contribution in [0.2, 0.25) is 0 Å². The number of rotatable bonds is 6. The zero-order valence-electron chi connectivity index (χ0n) is 18.5. The summed E-state index contributed by atoms with van der Waals surface area (Å²) in [6.45, 7) is 3.35. The van der Waals surface area contributed by atoms with E-state index < -0.39 is 0 Å². The third kappa shape index (κ3) is 3.56. The number of hydrogen-bond donors (Lipinski definition) is 2. The highest BCUT2D eigenvalue weighted by Gasteiger charge is 2.46. The third-order valence-electron chi connectivity index (χ3n) is 7.73. The lowest BCUT2D eigenvalue weighted by atomic mass is 9.70. The number of piperidine rings is 3. The molecule has 0 amide bonds. The Bertz CT molecular complexity index is 1120. The Labute approximate surface area is 190 Å². The molecule has 3 aromatic carbocycles. The van der Waals surface area contributed by atoms with E-state index in [0.29, 0.717) is 18.0 Å². The third-order valence-corrected chi connectivity index (χ3v) is 7.73. The maximum atomic E-state index is 4.06. The summed E-state index contributed by atoms with van der Waals surface area (Å²) in [7, 11) is 0. The van der Waals surface area contributed by atoms with Crippen LogP contribution in [0.15, 0.2) is 91.1 Å². The maximum Gasteiger partial charge on any atom is 0.0457 e. The molecular weight excluding hydrogens is 390 g/mol. The number of H-pyrrole nitrogens is 1. The highest BCUT2D eigenvalue weighted by molar-refractivity contribution is 5.82. The Hall–Kier alpha value is -2.88. The summed E-state index contributed by atoms with van der Waals surface area (Å²) >= 11 is 0. The molecule has 0 saturated carbocycles. The minimum absolute atomic E-state index is 0.376. The van der Waals surface area contributed by atoms with Gasteiger partial charge in [0.15, 0.2) is 0 Å². The SMILES string of the molecule is c1ccc(C(c2ccccc2)[C@H]2[C@H](NCc3c[nH]c4ccccc34)C3CCN2CC3)cc1. The van der Waals surface area contributed by atoms with Gasteiger partial charge in [-0.2, -0.15) is 0 Å². The summed E-state index contributed by atoms with van der Waals surface area (Å²) in [5.41, 5.74) is 5.44. The second-order valence-corrected chi connectivity index (χ2v) is 9.43. The van der Waals surface area contributed by atoms with Crippen LogP contribution in [0.1, 0.15) is 35.4 Å². The average molecular weight is 422 g/mol. The molecule has 32 heavy (non-hydrogen) atoms. The molecule has 162 valence electrons. The summed E-state index contributed by atoms with van der Waals surface area (Å²) in [6, 6.07) is 31.9. The Morgan fingerprint density at radius 3 is 2.12 bits per heavy atom. The van der Waals surface area contributed by atoms with Gasteiger partial charge < -0.3 is 10.3 Å². The quantitative estimate of drug-likeness (QED) is 0.427. The minimum atomic E-state index is 0.376. The highest BCUT2D eigenvalue weighted by Crippen LogP contribution is 2.42. The topological polar surface area (TPSA) is 31.1 Å². The number of aromatic nitrogens is 1. The summed E-state index contributed by atoms with van der Waals surface area (Å²) < 4.78 is 0. The van der Waals surface area contributed by atoms with Crippen molar-refractivity contribution in [1.29, 1.82) is 0 Å². The first-order valence-corrected chi connectivity index (χ1v) is 12.0. The van der Waals surface area contributed by atoms with Crippen LogP contribution in [0, 0.1) is 5.92 Å². The van der Waals surface area contributed by atoms with E-state index in [-0.39, 0.29) is 0 Å². The van der Waals surface area contributed by atoms with Crippen LogP contribution < -0.4 is 5.32 Å². The largest absolute Gasteiger partial charge is 0.361 e. The zero-order chi connectivity index (χ0) is 21.3. The van der Waals surface area contributed by atoms with Crippen molar-refractivity contribution in [1.82, 2.24) is 15.2 Å². The number of nitrogens with one attached hydrogen (secondary N) is 2. The van der Waals surface area contributed by atoms with Gasteiger partial charge in [-0.1, -0.05) is 78.9 Å².